The molecule has 14 heavy (non-hydrogen) atoms. The Balaban J connectivity index is 3.14. The van der Waals surface area contributed by atoms with E-state index in [9.17, 15) is 14.5 Å². The maximum Gasteiger partial charge on any atom is 0.270 e. The summed E-state index contributed by atoms with van der Waals surface area (Å²) >= 11 is 3.82. The average Bonchev–Trinajstić information content (AvgIpc) is 2.16. The Morgan fingerprint density at radius 3 is 2.86 bits per heavy atom. The normalized spacial score (nSPS) is 9.00. The zero-order chi connectivity index (χ0) is 10.6. The molecule has 5 heteroatoms. The number of hydrogen-bond acceptors (Lipinski definition) is 3. The lowest BCUT2D eigenvalue weighted by atomic mass is 10.2. The number of nitrogens with zero attached hydrogens (tertiary/aromatic N) is 1. The largest absolute Gasteiger partial charge is 0.270 e. The second kappa shape index (κ2) is 4.63. The van der Waals surface area contributed by atoms with Gasteiger partial charge in [-0.25, -0.2) is 4.39 Å². The van der Waals surface area contributed by atoms with Gasteiger partial charge in [0.15, 0.2) is 0 Å². The molecular weight excluding hydrogens is 205 g/mol. The van der Waals surface area contributed by atoms with E-state index in [0.717, 1.165) is 18.2 Å². The summed E-state index contributed by atoms with van der Waals surface area (Å²) in [5.74, 6) is 4.69. The van der Waals surface area contributed by atoms with Gasteiger partial charge in [0, 0.05) is 12.1 Å². The molecule has 1 rings (SSSR count). The minimum absolute atomic E-state index is 0.0215. The van der Waals surface area contributed by atoms with Crippen molar-refractivity contribution in [2.24, 2.45) is 0 Å². The number of halogens is 1. The molecule has 0 aliphatic heterocycles. The molecule has 0 radical (unpaired) electrons. The SMILES string of the molecule is O=[N+]([O-])c1ccc(F)c(C#CCS)c1. The molecule has 0 amide bonds. The molecule has 0 bridgehead atoms. The summed E-state index contributed by atoms with van der Waals surface area (Å²) in [6.45, 7) is 0. The van der Waals surface area contributed by atoms with Crippen LogP contribution in [-0.2, 0) is 0 Å². The molecule has 0 aromatic heterocycles. The highest BCUT2D eigenvalue weighted by molar-refractivity contribution is 7.80. The lowest BCUT2D eigenvalue weighted by Crippen LogP contribution is -1.91. The van der Waals surface area contributed by atoms with Crippen LogP contribution in [0.25, 0.3) is 0 Å². The van der Waals surface area contributed by atoms with E-state index in [1.807, 2.05) is 0 Å². The van der Waals surface area contributed by atoms with Crippen LogP contribution in [0.2, 0.25) is 0 Å². The van der Waals surface area contributed by atoms with Gasteiger partial charge in [-0.05, 0) is 6.07 Å². The standard InChI is InChI=1S/C9H6FNO2S/c10-9-4-3-8(11(12)13)6-7(9)2-1-5-14/h3-4,6,14H,5H2. The first kappa shape index (κ1) is 10.5. The maximum atomic E-state index is 13.0. The monoisotopic (exact) mass is 211 g/mol. The quantitative estimate of drug-likeness (QED) is 0.334. The molecule has 0 aliphatic carbocycles. The Kier molecular flexibility index (Phi) is 3.48. The topological polar surface area (TPSA) is 43.1 Å². The van der Waals surface area contributed by atoms with Crippen LogP contribution < -0.4 is 0 Å². The summed E-state index contributed by atoms with van der Waals surface area (Å²) in [6.07, 6.45) is 0. The first-order chi connectivity index (χ1) is 6.65. The average molecular weight is 211 g/mol. The lowest BCUT2D eigenvalue weighted by molar-refractivity contribution is -0.384. The molecule has 1 aromatic rings. The fourth-order valence-electron chi connectivity index (χ4n) is 0.857. The van der Waals surface area contributed by atoms with Crippen molar-refractivity contribution in [3.8, 4) is 11.8 Å². The van der Waals surface area contributed by atoms with Crippen molar-refractivity contribution >= 4 is 18.3 Å². The fraction of sp³-hybridized carbons (Fsp3) is 0.111. The van der Waals surface area contributed by atoms with E-state index in [4.69, 9.17) is 0 Å². The molecule has 0 fully saturated rings. The first-order valence-electron chi connectivity index (χ1n) is 3.69. The molecular formula is C9H6FNO2S. The molecule has 0 heterocycles. The van der Waals surface area contributed by atoms with Crippen molar-refractivity contribution in [1.29, 1.82) is 0 Å². The van der Waals surface area contributed by atoms with Gasteiger partial charge in [0.25, 0.3) is 5.69 Å². The minimum Gasteiger partial charge on any atom is -0.258 e. The number of rotatable bonds is 1. The number of hydrogen-bond donors (Lipinski definition) is 1. The van der Waals surface area contributed by atoms with Gasteiger partial charge in [-0.1, -0.05) is 11.8 Å². The van der Waals surface area contributed by atoms with Crippen LogP contribution >= 0.6 is 12.6 Å². The molecule has 0 unspecified atom stereocenters. The van der Waals surface area contributed by atoms with Crippen molar-refractivity contribution < 1.29 is 9.31 Å². The number of nitro groups is 1. The zero-order valence-corrected chi connectivity index (χ0v) is 7.92. The van der Waals surface area contributed by atoms with Gasteiger partial charge in [-0.2, -0.15) is 12.6 Å². The van der Waals surface area contributed by atoms with Gasteiger partial charge >= 0.3 is 0 Å². The summed E-state index contributed by atoms with van der Waals surface area (Å²) in [7, 11) is 0. The predicted octanol–water partition coefficient (Wildman–Crippen LogP) is 2.02. The molecule has 0 atom stereocenters. The predicted molar refractivity (Wildman–Crippen MR) is 53.8 cm³/mol. The van der Waals surface area contributed by atoms with E-state index < -0.39 is 10.7 Å². The van der Waals surface area contributed by atoms with Crippen LogP contribution in [-0.4, -0.2) is 10.7 Å². The number of nitro benzene ring substituents is 1. The van der Waals surface area contributed by atoms with Crippen molar-refractivity contribution in [2.45, 2.75) is 0 Å². The third kappa shape index (κ3) is 2.47. The lowest BCUT2D eigenvalue weighted by Gasteiger charge is -1.94. The van der Waals surface area contributed by atoms with Crippen LogP contribution in [0.1, 0.15) is 5.56 Å². The Hall–Kier alpha value is -1.54. The van der Waals surface area contributed by atoms with Gasteiger partial charge in [-0.3, -0.25) is 10.1 Å². The van der Waals surface area contributed by atoms with E-state index in [2.05, 4.69) is 24.5 Å². The Labute approximate surface area is 85.5 Å². The number of benzene rings is 1. The third-order valence-corrected chi connectivity index (χ3v) is 1.62. The van der Waals surface area contributed by atoms with Crippen molar-refractivity contribution in [1.82, 2.24) is 0 Å². The van der Waals surface area contributed by atoms with E-state index in [1.165, 1.54) is 0 Å². The molecule has 0 aliphatic rings. The van der Waals surface area contributed by atoms with E-state index in [-0.39, 0.29) is 17.0 Å². The zero-order valence-electron chi connectivity index (χ0n) is 7.03. The van der Waals surface area contributed by atoms with Crippen LogP contribution in [0.4, 0.5) is 10.1 Å². The molecule has 0 spiro atoms. The smallest absolute Gasteiger partial charge is 0.258 e. The van der Waals surface area contributed by atoms with E-state index >= 15 is 0 Å². The van der Waals surface area contributed by atoms with Crippen molar-refractivity contribution in [2.75, 3.05) is 5.75 Å². The second-order valence-electron chi connectivity index (χ2n) is 2.38. The molecule has 3 nitrogen and oxygen atoms in total. The second-order valence-corrected chi connectivity index (χ2v) is 2.70. The summed E-state index contributed by atoms with van der Waals surface area (Å²) < 4.78 is 13.0. The van der Waals surface area contributed by atoms with Crippen LogP contribution in [0.15, 0.2) is 18.2 Å². The molecule has 1 aromatic carbocycles. The van der Waals surface area contributed by atoms with Crippen molar-refractivity contribution in [3.63, 3.8) is 0 Å². The summed E-state index contributed by atoms with van der Waals surface area (Å²) in [5, 5.41) is 10.4. The Morgan fingerprint density at radius 2 is 2.29 bits per heavy atom. The fourth-order valence-corrected chi connectivity index (χ4v) is 0.936. The summed E-state index contributed by atoms with van der Waals surface area (Å²) in [6, 6.07) is 3.23. The van der Waals surface area contributed by atoms with Crippen LogP contribution in [0.5, 0.6) is 0 Å². The van der Waals surface area contributed by atoms with Gasteiger partial charge in [0.05, 0.1) is 16.2 Å². The summed E-state index contributed by atoms with van der Waals surface area (Å²) in [5.41, 5.74) is -0.150. The highest BCUT2D eigenvalue weighted by atomic mass is 32.1. The van der Waals surface area contributed by atoms with Gasteiger partial charge < -0.3 is 0 Å². The van der Waals surface area contributed by atoms with E-state index in [1.54, 1.807) is 0 Å². The molecule has 0 saturated heterocycles. The maximum absolute atomic E-state index is 13.0. The molecule has 72 valence electrons. The number of thiol groups is 1. The highest BCUT2D eigenvalue weighted by Crippen LogP contribution is 2.15. The van der Waals surface area contributed by atoms with E-state index in [0.29, 0.717) is 0 Å². The van der Waals surface area contributed by atoms with Crippen LogP contribution in [0, 0.1) is 27.8 Å². The minimum atomic E-state index is -0.592. The molecule has 0 saturated carbocycles. The molecule has 0 N–H and O–H groups in total. The third-order valence-electron chi connectivity index (χ3n) is 1.46. The van der Waals surface area contributed by atoms with Gasteiger partial charge in [0.2, 0.25) is 0 Å². The van der Waals surface area contributed by atoms with Crippen molar-refractivity contribution in [3.05, 3.63) is 39.7 Å². The van der Waals surface area contributed by atoms with Crippen LogP contribution in [0.3, 0.4) is 0 Å². The van der Waals surface area contributed by atoms with Gasteiger partial charge in [0.1, 0.15) is 5.82 Å². The summed E-state index contributed by atoms with van der Waals surface area (Å²) in [4.78, 5) is 9.77. The first-order valence-corrected chi connectivity index (χ1v) is 4.32. The Bertz CT molecular complexity index is 423. The Morgan fingerprint density at radius 1 is 1.57 bits per heavy atom. The number of non-ortho nitro benzene ring substituents is 1. The van der Waals surface area contributed by atoms with Gasteiger partial charge in [-0.15, -0.1) is 0 Å². The highest BCUT2D eigenvalue weighted by Gasteiger charge is 2.08.